The van der Waals surface area contributed by atoms with Gasteiger partial charge in [-0.3, -0.25) is 0 Å². The normalized spacial score (nSPS) is 15.2. The van der Waals surface area contributed by atoms with Crippen molar-refractivity contribution in [3.63, 3.8) is 0 Å². The first-order valence-corrected chi connectivity index (χ1v) is 20.8. The summed E-state index contributed by atoms with van der Waals surface area (Å²) in [6, 6.07) is 70.9. The fourth-order valence-electron chi connectivity index (χ4n) is 9.33. The number of hydrogen-bond donors (Lipinski definition) is 1. The number of hydrogen-bond acceptors (Lipinski definition) is 7. The molecule has 12 rings (SSSR count). The number of para-hydroxylation sites is 2. The van der Waals surface area contributed by atoms with Gasteiger partial charge in [0.05, 0.1) is 5.41 Å². The van der Waals surface area contributed by atoms with Crippen LogP contribution in [-0.2, 0) is 5.41 Å². The summed E-state index contributed by atoms with van der Waals surface area (Å²) in [6.07, 6.45) is -0.363. The van der Waals surface area contributed by atoms with Crippen LogP contribution in [0.2, 0.25) is 0 Å². The highest BCUT2D eigenvalue weighted by atomic mass is 16.5. The van der Waals surface area contributed by atoms with Crippen molar-refractivity contribution >= 4 is 11.7 Å². The van der Waals surface area contributed by atoms with Gasteiger partial charge in [-0.15, -0.1) is 0 Å². The van der Waals surface area contributed by atoms with E-state index in [1.165, 1.54) is 0 Å². The third kappa shape index (κ3) is 5.70. The van der Waals surface area contributed by atoms with E-state index < -0.39 is 5.41 Å². The van der Waals surface area contributed by atoms with Crippen LogP contribution in [0.4, 0.5) is 0 Å². The van der Waals surface area contributed by atoms with E-state index in [-0.39, 0.29) is 6.17 Å². The van der Waals surface area contributed by atoms with Crippen molar-refractivity contribution in [2.24, 2.45) is 9.98 Å². The summed E-state index contributed by atoms with van der Waals surface area (Å²) < 4.78 is 6.69. The Morgan fingerprint density at radius 2 is 0.935 bits per heavy atom. The van der Waals surface area contributed by atoms with Gasteiger partial charge in [0, 0.05) is 38.9 Å². The summed E-state index contributed by atoms with van der Waals surface area (Å²) in [6.45, 7) is 0. The van der Waals surface area contributed by atoms with Crippen molar-refractivity contribution in [1.29, 1.82) is 0 Å². The number of nitrogens with one attached hydrogen (secondary N) is 1. The molecule has 8 aromatic carbocycles. The Morgan fingerprint density at radius 1 is 0.419 bits per heavy atom. The number of aromatic nitrogens is 3. The van der Waals surface area contributed by atoms with Gasteiger partial charge in [-0.2, -0.15) is 0 Å². The van der Waals surface area contributed by atoms with Gasteiger partial charge in [0.15, 0.2) is 23.3 Å². The van der Waals surface area contributed by atoms with Crippen LogP contribution in [0.15, 0.2) is 216 Å². The van der Waals surface area contributed by atoms with Gasteiger partial charge in [-0.25, -0.2) is 24.9 Å². The van der Waals surface area contributed by atoms with Gasteiger partial charge >= 0.3 is 0 Å². The van der Waals surface area contributed by atoms with Crippen molar-refractivity contribution in [1.82, 2.24) is 20.3 Å². The maximum atomic E-state index is 6.69. The molecule has 0 saturated heterocycles. The van der Waals surface area contributed by atoms with Crippen LogP contribution < -0.4 is 10.1 Å². The van der Waals surface area contributed by atoms with Crippen molar-refractivity contribution in [2.75, 3.05) is 0 Å². The third-order valence-corrected chi connectivity index (χ3v) is 12.1. The lowest BCUT2D eigenvalue weighted by Gasteiger charge is -2.39. The van der Waals surface area contributed by atoms with E-state index in [4.69, 9.17) is 29.7 Å². The molecule has 2 aliphatic heterocycles. The molecule has 292 valence electrons. The lowest BCUT2D eigenvalue weighted by Crippen LogP contribution is -2.34. The zero-order valence-corrected chi connectivity index (χ0v) is 33.4. The second-order valence-corrected chi connectivity index (χ2v) is 15.6. The van der Waals surface area contributed by atoms with Crippen LogP contribution >= 0.6 is 0 Å². The van der Waals surface area contributed by atoms with Gasteiger partial charge in [0.2, 0.25) is 0 Å². The van der Waals surface area contributed by atoms with Crippen LogP contribution in [0.3, 0.4) is 0 Å². The molecule has 62 heavy (non-hydrogen) atoms. The molecule has 1 atom stereocenters. The van der Waals surface area contributed by atoms with Gasteiger partial charge in [0.25, 0.3) is 0 Å². The molecule has 3 aliphatic rings. The Bertz CT molecular complexity index is 3140. The summed E-state index contributed by atoms with van der Waals surface area (Å²) in [7, 11) is 0. The van der Waals surface area contributed by atoms with Gasteiger partial charge < -0.3 is 10.1 Å². The average molecular weight is 797 g/mol. The first-order valence-electron chi connectivity index (χ1n) is 20.8. The predicted molar refractivity (Wildman–Crippen MR) is 245 cm³/mol. The smallest absolute Gasteiger partial charge is 0.164 e. The predicted octanol–water partition coefficient (Wildman–Crippen LogP) is 11.8. The third-order valence-electron chi connectivity index (χ3n) is 12.1. The van der Waals surface area contributed by atoms with Crippen LogP contribution in [0, 0.1) is 0 Å². The van der Waals surface area contributed by atoms with Crippen molar-refractivity contribution in [2.45, 2.75) is 11.6 Å². The highest BCUT2D eigenvalue weighted by Gasteiger charge is 2.52. The molecule has 0 bridgehead atoms. The Balaban J connectivity index is 1.14. The molecule has 1 N–H and O–H groups in total. The number of nitrogens with zero attached hydrogens (tertiary/aromatic N) is 5. The molecule has 9 aromatic rings. The number of amidine groups is 2. The lowest BCUT2D eigenvalue weighted by atomic mass is 9.66. The summed E-state index contributed by atoms with van der Waals surface area (Å²) in [5.41, 5.74) is 11.5. The minimum Gasteiger partial charge on any atom is -0.457 e. The fraction of sp³-hybridized carbons (Fsp3) is 0.0364. The molecule has 7 heteroatoms. The number of ether oxygens (including phenoxy) is 1. The fourth-order valence-corrected chi connectivity index (χ4v) is 9.33. The largest absolute Gasteiger partial charge is 0.457 e. The van der Waals surface area contributed by atoms with E-state index in [1.807, 2.05) is 97.1 Å². The van der Waals surface area contributed by atoms with Crippen molar-refractivity contribution in [3.8, 4) is 56.8 Å². The Kier molecular flexibility index (Phi) is 8.31. The van der Waals surface area contributed by atoms with Gasteiger partial charge in [0.1, 0.15) is 23.5 Å². The monoisotopic (exact) mass is 796 g/mol. The van der Waals surface area contributed by atoms with Crippen molar-refractivity contribution in [3.05, 3.63) is 245 Å². The Labute approximate surface area is 358 Å². The maximum absolute atomic E-state index is 6.69. The van der Waals surface area contributed by atoms with Crippen LogP contribution in [0.25, 0.3) is 45.3 Å². The quantitative estimate of drug-likeness (QED) is 0.181. The highest BCUT2D eigenvalue weighted by Crippen LogP contribution is 2.63. The molecule has 1 aromatic heterocycles. The molecule has 0 amide bonds. The Hall–Kier alpha value is -8.29. The van der Waals surface area contributed by atoms with E-state index >= 15 is 0 Å². The van der Waals surface area contributed by atoms with Gasteiger partial charge in [-0.05, 0) is 46.0 Å². The van der Waals surface area contributed by atoms with E-state index in [0.29, 0.717) is 23.3 Å². The first-order chi connectivity index (χ1) is 30.7. The minimum atomic E-state index is -0.716. The second kappa shape index (κ2) is 14.5. The topological polar surface area (TPSA) is 84.7 Å². The number of benzene rings is 8. The molecule has 0 radical (unpaired) electrons. The van der Waals surface area contributed by atoms with Crippen LogP contribution in [0.1, 0.15) is 45.1 Å². The number of fused-ring (bicyclic) bond motifs is 9. The zero-order valence-electron chi connectivity index (χ0n) is 33.4. The standard InChI is InChI=1S/C55H36N6O/c1-5-18-35(19-6-1)49-56-50(36-20-7-2-8-21-36)59-53(58-49)39-32-33-42-41(34-39)48-40(54-60-51(37-22-9-3-10-23-37)57-52(61-54)38-24-11-4-12-25-38)26-17-29-45(48)55(42)43-27-13-15-30-46(43)62-47-31-16-14-28-44(47)55/h1-34,51H,(H,57,60,61). The first kappa shape index (κ1) is 35.6. The average Bonchev–Trinajstić information content (AvgIpc) is 3.65. The van der Waals surface area contributed by atoms with Gasteiger partial charge in [-0.1, -0.05) is 188 Å². The molecule has 1 unspecified atom stereocenters. The second-order valence-electron chi connectivity index (χ2n) is 15.6. The molecular weight excluding hydrogens is 761 g/mol. The summed E-state index contributed by atoms with van der Waals surface area (Å²) >= 11 is 0. The molecule has 7 nitrogen and oxygen atoms in total. The molecular formula is C55H36N6O. The number of rotatable bonds is 6. The molecule has 0 saturated carbocycles. The van der Waals surface area contributed by atoms with Crippen LogP contribution in [-0.4, -0.2) is 26.6 Å². The van der Waals surface area contributed by atoms with E-state index in [9.17, 15) is 0 Å². The summed E-state index contributed by atoms with van der Waals surface area (Å²) in [5.74, 6) is 4.86. The molecule has 1 aliphatic carbocycles. The summed E-state index contributed by atoms with van der Waals surface area (Å²) in [4.78, 5) is 26.1. The van der Waals surface area contributed by atoms with E-state index in [2.05, 4.69) is 115 Å². The van der Waals surface area contributed by atoms with Crippen molar-refractivity contribution < 1.29 is 4.74 Å². The lowest BCUT2D eigenvalue weighted by molar-refractivity contribution is 0.436. The minimum absolute atomic E-state index is 0.363. The summed E-state index contributed by atoms with van der Waals surface area (Å²) in [5, 5.41) is 3.65. The highest BCUT2D eigenvalue weighted by molar-refractivity contribution is 6.16. The van der Waals surface area contributed by atoms with E-state index in [1.54, 1.807) is 0 Å². The SMILES string of the molecule is c1ccc(C2=NC(c3cccc4c3-c3cc(-c5nc(-c6ccccc6)nc(-c6ccccc6)n5)ccc3C43c4ccccc4Oc4ccccc43)=NC(c3ccccc3)N2)cc1. The number of aliphatic imine (C=N–C) groups is 2. The molecule has 0 fully saturated rings. The maximum Gasteiger partial charge on any atom is 0.164 e. The van der Waals surface area contributed by atoms with Crippen LogP contribution in [0.5, 0.6) is 11.5 Å². The molecule has 1 spiro atoms. The zero-order chi connectivity index (χ0) is 41.0. The Morgan fingerprint density at radius 3 is 1.55 bits per heavy atom. The molecule has 3 heterocycles. The van der Waals surface area contributed by atoms with E-state index in [0.717, 1.165) is 84.1 Å².